The molecule has 22 heavy (non-hydrogen) atoms. The van der Waals surface area contributed by atoms with Crippen LogP contribution in [0.25, 0.3) is 0 Å². The minimum absolute atomic E-state index is 0.777. The molecule has 1 fully saturated rings. The maximum atomic E-state index is 5.84. The van der Waals surface area contributed by atoms with E-state index in [-0.39, 0.29) is 0 Å². The van der Waals surface area contributed by atoms with Gasteiger partial charge in [-0.15, -0.1) is 0 Å². The minimum atomic E-state index is 0.777. The quantitative estimate of drug-likeness (QED) is 0.738. The van der Waals surface area contributed by atoms with Crippen LogP contribution in [0.4, 0.5) is 0 Å². The zero-order valence-electron chi connectivity index (χ0n) is 13.0. The first-order valence-electron chi connectivity index (χ1n) is 8.14. The summed E-state index contributed by atoms with van der Waals surface area (Å²) < 4.78 is 5.84. The Morgan fingerprint density at radius 2 is 1.86 bits per heavy atom. The van der Waals surface area contributed by atoms with E-state index in [4.69, 9.17) is 17.0 Å². The van der Waals surface area contributed by atoms with E-state index in [1.54, 1.807) is 0 Å². The molecule has 3 rings (SSSR count). The molecule has 2 nitrogen and oxygen atoms in total. The Balaban J connectivity index is 1.48. The van der Waals surface area contributed by atoms with Gasteiger partial charge in [0.2, 0.25) is 0 Å². The molecule has 116 valence electrons. The summed E-state index contributed by atoms with van der Waals surface area (Å²) in [7, 11) is 0. The van der Waals surface area contributed by atoms with Crippen LogP contribution in [-0.4, -0.2) is 36.0 Å². The molecular weight excluding hydrogens is 290 g/mol. The molecule has 1 aromatic carbocycles. The summed E-state index contributed by atoms with van der Waals surface area (Å²) in [6.07, 6.45) is 10.8. The summed E-state index contributed by atoms with van der Waals surface area (Å²) in [4.78, 5) is 3.53. The molecule has 3 heteroatoms. The van der Waals surface area contributed by atoms with Crippen molar-refractivity contribution in [1.82, 2.24) is 4.90 Å². The summed E-state index contributed by atoms with van der Waals surface area (Å²) in [6.45, 7) is 4.27. The second kappa shape index (κ2) is 7.70. The lowest BCUT2D eigenvalue weighted by atomic mass is 9.97. The lowest BCUT2D eigenvalue weighted by Gasteiger charge is -2.15. The number of benzene rings is 1. The summed E-state index contributed by atoms with van der Waals surface area (Å²) in [6, 6.07) is 8.43. The van der Waals surface area contributed by atoms with E-state index >= 15 is 0 Å². The first kappa shape index (κ1) is 15.4. The van der Waals surface area contributed by atoms with Gasteiger partial charge in [0.15, 0.2) is 0 Å². The molecule has 0 radical (unpaired) electrons. The summed E-state index contributed by atoms with van der Waals surface area (Å²) in [5, 5.41) is 0. The van der Waals surface area contributed by atoms with Crippen LogP contribution in [0.3, 0.4) is 0 Å². The van der Waals surface area contributed by atoms with Gasteiger partial charge in [0.1, 0.15) is 12.4 Å². The molecule has 0 atom stereocenters. The Hall–Kier alpha value is -1.45. The smallest absolute Gasteiger partial charge is 0.119 e. The van der Waals surface area contributed by atoms with Crippen molar-refractivity contribution in [1.29, 1.82) is 0 Å². The van der Waals surface area contributed by atoms with E-state index in [9.17, 15) is 0 Å². The van der Waals surface area contributed by atoms with Gasteiger partial charge in [-0.2, -0.15) is 0 Å². The van der Waals surface area contributed by atoms with Crippen molar-refractivity contribution in [2.45, 2.75) is 25.7 Å². The normalized spacial score (nSPS) is 18.5. The van der Waals surface area contributed by atoms with Gasteiger partial charge < -0.3 is 4.74 Å². The number of thiocarbonyl (C=S) groups is 1. The first-order valence-corrected chi connectivity index (χ1v) is 8.55. The SMILES string of the molecule is S=C1CC=CC=C1Cc1ccc(OCCN2CCCC2)cc1. The lowest BCUT2D eigenvalue weighted by molar-refractivity contribution is 0.238. The van der Waals surface area contributed by atoms with Crippen LogP contribution in [0.1, 0.15) is 24.8 Å². The van der Waals surface area contributed by atoms with Gasteiger partial charge in [-0.1, -0.05) is 42.6 Å². The van der Waals surface area contributed by atoms with Crippen molar-refractivity contribution in [3.63, 3.8) is 0 Å². The summed E-state index contributed by atoms with van der Waals surface area (Å²) in [5.41, 5.74) is 2.55. The Kier molecular flexibility index (Phi) is 5.41. The van der Waals surface area contributed by atoms with E-state index in [2.05, 4.69) is 47.4 Å². The minimum Gasteiger partial charge on any atom is -0.492 e. The number of likely N-dealkylation sites (tertiary alicyclic amines) is 1. The molecule has 0 N–H and O–H groups in total. The van der Waals surface area contributed by atoms with Crippen molar-refractivity contribution < 1.29 is 4.74 Å². The third kappa shape index (κ3) is 4.28. The monoisotopic (exact) mass is 313 g/mol. The standard InChI is InChI=1S/C19H23NOS/c22-19-6-2-1-5-17(19)15-16-7-9-18(10-8-16)21-14-13-20-11-3-4-12-20/h1-2,5,7-10H,3-4,6,11-15H2. The van der Waals surface area contributed by atoms with E-state index in [0.29, 0.717) is 0 Å². The van der Waals surface area contributed by atoms with Crippen molar-refractivity contribution in [2.24, 2.45) is 0 Å². The third-order valence-electron chi connectivity index (χ3n) is 4.29. The Labute approximate surface area is 138 Å². The predicted molar refractivity (Wildman–Crippen MR) is 95.8 cm³/mol. The van der Waals surface area contributed by atoms with Crippen molar-refractivity contribution >= 4 is 17.1 Å². The fraction of sp³-hybridized carbons (Fsp3) is 0.421. The molecule has 0 saturated carbocycles. The number of hydrogen-bond donors (Lipinski definition) is 0. The number of hydrogen-bond acceptors (Lipinski definition) is 3. The van der Waals surface area contributed by atoms with Crippen molar-refractivity contribution in [2.75, 3.05) is 26.2 Å². The molecule has 0 spiro atoms. The van der Waals surface area contributed by atoms with Gasteiger partial charge in [0, 0.05) is 17.8 Å². The maximum Gasteiger partial charge on any atom is 0.119 e. The average Bonchev–Trinajstić information content (AvgIpc) is 3.05. The van der Waals surface area contributed by atoms with Crippen molar-refractivity contribution in [3.8, 4) is 5.75 Å². The number of ether oxygens (including phenoxy) is 1. The highest BCUT2D eigenvalue weighted by Crippen LogP contribution is 2.19. The molecule has 0 unspecified atom stereocenters. The molecule has 1 saturated heterocycles. The highest BCUT2D eigenvalue weighted by Gasteiger charge is 2.11. The van der Waals surface area contributed by atoms with Crippen LogP contribution >= 0.6 is 12.2 Å². The molecule has 1 aliphatic heterocycles. The fourth-order valence-electron chi connectivity index (χ4n) is 2.96. The van der Waals surface area contributed by atoms with Crippen LogP contribution in [-0.2, 0) is 6.42 Å². The van der Waals surface area contributed by atoms with Gasteiger partial charge in [-0.3, -0.25) is 4.90 Å². The molecule has 1 heterocycles. The summed E-state index contributed by atoms with van der Waals surface area (Å²) >= 11 is 5.41. The highest BCUT2D eigenvalue weighted by atomic mass is 32.1. The van der Waals surface area contributed by atoms with Gasteiger partial charge in [0.05, 0.1) is 0 Å². The van der Waals surface area contributed by atoms with Crippen LogP contribution in [0.15, 0.2) is 48.1 Å². The maximum absolute atomic E-state index is 5.84. The largest absolute Gasteiger partial charge is 0.492 e. The Morgan fingerprint density at radius 3 is 2.59 bits per heavy atom. The zero-order valence-corrected chi connectivity index (χ0v) is 13.8. The molecule has 2 aliphatic rings. The molecular formula is C19H23NOS. The fourth-order valence-corrected chi connectivity index (χ4v) is 3.20. The summed E-state index contributed by atoms with van der Waals surface area (Å²) in [5.74, 6) is 0.961. The van der Waals surface area contributed by atoms with Crippen LogP contribution < -0.4 is 4.74 Å². The average molecular weight is 313 g/mol. The van der Waals surface area contributed by atoms with E-state index in [0.717, 1.165) is 36.6 Å². The van der Waals surface area contributed by atoms with Crippen LogP contribution in [0, 0.1) is 0 Å². The molecule has 0 amide bonds. The van der Waals surface area contributed by atoms with Gasteiger partial charge in [0.25, 0.3) is 0 Å². The number of allylic oxidation sites excluding steroid dienone is 4. The third-order valence-corrected chi connectivity index (χ3v) is 4.72. The second-order valence-corrected chi connectivity index (χ2v) is 6.46. The zero-order chi connectivity index (χ0) is 15.2. The number of rotatable bonds is 6. The van der Waals surface area contributed by atoms with Crippen LogP contribution in [0.2, 0.25) is 0 Å². The van der Waals surface area contributed by atoms with E-state index in [1.807, 2.05) is 0 Å². The topological polar surface area (TPSA) is 12.5 Å². The molecule has 0 aromatic heterocycles. The van der Waals surface area contributed by atoms with E-state index < -0.39 is 0 Å². The Bertz CT molecular complexity index is 568. The van der Waals surface area contributed by atoms with Gasteiger partial charge in [-0.25, -0.2) is 0 Å². The number of nitrogens with zero attached hydrogens (tertiary/aromatic N) is 1. The van der Waals surface area contributed by atoms with Gasteiger partial charge >= 0.3 is 0 Å². The van der Waals surface area contributed by atoms with Crippen LogP contribution in [0.5, 0.6) is 5.75 Å². The van der Waals surface area contributed by atoms with Gasteiger partial charge in [-0.05, 0) is 55.6 Å². The lowest BCUT2D eigenvalue weighted by Crippen LogP contribution is -2.25. The molecule has 1 aromatic rings. The highest BCUT2D eigenvalue weighted by molar-refractivity contribution is 7.80. The molecule has 1 aliphatic carbocycles. The van der Waals surface area contributed by atoms with Crippen molar-refractivity contribution in [3.05, 3.63) is 53.6 Å². The molecule has 0 bridgehead atoms. The second-order valence-electron chi connectivity index (χ2n) is 5.97. The predicted octanol–water partition coefficient (Wildman–Crippen LogP) is 3.96. The Morgan fingerprint density at radius 1 is 1.09 bits per heavy atom. The first-order chi connectivity index (χ1) is 10.8. The van der Waals surface area contributed by atoms with E-state index in [1.165, 1.54) is 37.1 Å².